The molecule has 0 saturated carbocycles. The molecule has 2 fully saturated rings. The van der Waals surface area contributed by atoms with Crippen LogP contribution >= 0.6 is 27.3 Å². The average Bonchev–Trinajstić information content (AvgIpc) is 3.45. The van der Waals surface area contributed by atoms with Crippen molar-refractivity contribution in [1.29, 1.82) is 0 Å². The first-order valence-electron chi connectivity index (χ1n) is 11.2. The number of morpholine rings is 1. The number of hydrogen-bond donors (Lipinski definition) is 2. The highest BCUT2D eigenvalue weighted by Crippen LogP contribution is 2.30. The molecule has 5 rings (SSSR count). The second-order valence-electron chi connectivity index (χ2n) is 8.33. The molecule has 4 heterocycles. The Kier molecular flexibility index (Phi) is 7.05. The van der Waals surface area contributed by atoms with E-state index in [0.29, 0.717) is 31.4 Å². The Morgan fingerprint density at radius 2 is 2.09 bits per heavy atom. The Hall–Kier alpha value is -2.60. The minimum atomic E-state index is -0.0453. The molecule has 0 radical (unpaired) electrons. The minimum Gasteiger partial charge on any atom is -0.379 e. The van der Waals surface area contributed by atoms with Crippen LogP contribution in [-0.4, -0.2) is 76.1 Å². The number of anilines is 3. The summed E-state index contributed by atoms with van der Waals surface area (Å²) in [7, 11) is 0. The number of thiazole rings is 1. The molecule has 2 aliphatic rings. The Morgan fingerprint density at radius 1 is 1.24 bits per heavy atom. The van der Waals surface area contributed by atoms with Crippen molar-refractivity contribution >= 4 is 60.3 Å². The maximum absolute atomic E-state index is 12.0. The molecule has 1 atom stereocenters. The third kappa shape index (κ3) is 5.54. The standard InChI is InChI=1S/C23H26BrN7O2S/c1-2-21(32)31-6-5-16(14-31)25-22-26-17(13-30-7-9-33-10-8-30)12-20(28-22)29-23-27-18-4-3-15(24)11-19(18)34-23/h2-4,11-12,16H,1,5-10,13-14H2,(H2,25,26,27,28,29)/t16-/m0/s1. The fourth-order valence-corrected chi connectivity index (χ4v) is 5.57. The van der Waals surface area contributed by atoms with Crippen molar-refractivity contribution in [3.63, 3.8) is 0 Å². The van der Waals surface area contributed by atoms with Crippen molar-refractivity contribution in [3.05, 3.63) is 47.1 Å². The first-order chi connectivity index (χ1) is 16.6. The Balaban J connectivity index is 1.37. The van der Waals surface area contributed by atoms with Crippen molar-refractivity contribution in [2.75, 3.05) is 50.0 Å². The van der Waals surface area contributed by atoms with Gasteiger partial charge in [-0.25, -0.2) is 9.97 Å². The van der Waals surface area contributed by atoms with Crippen LogP contribution in [0.2, 0.25) is 0 Å². The summed E-state index contributed by atoms with van der Waals surface area (Å²) < 4.78 is 7.60. The van der Waals surface area contributed by atoms with E-state index in [2.05, 4.69) is 44.1 Å². The first-order valence-corrected chi connectivity index (χ1v) is 12.9. The van der Waals surface area contributed by atoms with Gasteiger partial charge in [0.1, 0.15) is 5.82 Å². The van der Waals surface area contributed by atoms with Gasteiger partial charge >= 0.3 is 0 Å². The lowest BCUT2D eigenvalue weighted by Crippen LogP contribution is -2.36. The van der Waals surface area contributed by atoms with Crippen LogP contribution in [0.5, 0.6) is 0 Å². The second kappa shape index (κ2) is 10.3. The molecule has 2 aliphatic heterocycles. The number of carbonyl (C=O) groups excluding carboxylic acids is 1. The van der Waals surface area contributed by atoms with Crippen LogP contribution < -0.4 is 10.6 Å². The number of carbonyl (C=O) groups is 1. The lowest BCUT2D eigenvalue weighted by Gasteiger charge is -2.26. The smallest absolute Gasteiger partial charge is 0.246 e. The molecule has 1 aromatic carbocycles. The van der Waals surface area contributed by atoms with E-state index in [9.17, 15) is 4.79 Å². The quantitative estimate of drug-likeness (QED) is 0.436. The van der Waals surface area contributed by atoms with Crippen LogP contribution in [0.15, 0.2) is 41.4 Å². The van der Waals surface area contributed by atoms with Crippen molar-refractivity contribution < 1.29 is 9.53 Å². The van der Waals surface area contributed by atoms with Gasteiger partial charge in [0.25, 0.3) is 0 Å². The summed E-state index contributed by atoms with van der Waals surface area (Å²) in [6.45, 7) is 8.83. The van der Waals surface area contributed by atoms with E-state index in [0.717, 1.165) is 58.2 Å². The molecule has 0 unspecified atom stereocenters. The van der Waals surface area contributed by atoms with E-state index in [1.165, 1.54) is 6.08 Å². The number of ether oxygens (including phenoxy) is 1. The van der Waals surface area contributed by atoms with Crippen LogP contribution in [0.1, 0.15) is 12.1 Å². The molecule has 0 spiro atoms. The molecule has 11 heteroatoms. The molecule has 2 N–H and O–H groups in total. The number of nitrogens with zero attached hydrogens (tertiary/aromatic N) is 5. The number of likely N-dealkylation sites (tertiary alicyclic amines) is 1. The predicted octanol–water partition coefficient (Wildman–Crippen LogP) is 3.62. The SMILES string of the molecule is C=CC(=O)N1CC[C@H](Nc2nc(CN3CCOCC3)cc(Nc3nc4ccc(Br)cc4s3)n2)C1. The van der Waals surface area contributed by atoms with Crippen LogP contribution in [0.3, 0.4) is 0 Å². The highest BCUT2D eigenvalue weighted by Gasteiger charge is 2.25. The molecule has 2 aromatic heterocycles. The van der Waals surface area contributed by atoms with Crippen molar-refractivity contribution in [2.45, 2.75) is 19.0 Å². The lowest BCUT2D eigenvalue weighted by atomic mass is 10.2. The Morgan fingerprint density at radius 3 is 2.91 bits per heavy atom. The first kappa shape index (κ1) is 23.2. The fourth-order valence-electron chi connectivity index (χ4n) is 4.15. The van der Waals surface area contributed by atoms with Gasteiger partial charge in [0.05, 0.1) is 29.1 Å². The van der Waals surface area contributed by atoms with E-state index in [4.69, 9.17) is 19.7 Å². The average molecular weight is 544 g/mol. The molecule has 0 bridgehead atoms. The summed E-state index contributed by atoms with van der Waals surface area (Å²) in [5, 5.41) is 7.58. The number of amides is 1. The van der Waals surface area contributed by atoms with E-state index in [-0.39, 0.29) is 11.9 Å². The van der Waals surface area contributed by atoms with Gasteiger partial charge in [-0.1, -0.05) is 33.8 Å². The van der Waals surface area contributed by atoms with Crippen LogP contribution in [0, 0.1) is 0 Å². The molecular formula is C23H26BrN7O2S. The molecule has 9 nitrogen and oxygen atoms in total. The van der Waals surface area contributed by atoms with Gasteiger partial charge in [-0.2, -0.15) is 4.98 Å². The third-order valence-corrected chi connectivity index (χ3v) is 7.29. The maximum Gasteiger partial charge on any atom is 0.246 e. The zero-order valence-corrected chi connectivity index (χ0v) is 21.1. The van der Waals surface area contributed by atoms with Crippen LogP contribution in [0.4, 0.5) is 16.9 Å². The van der Waals surface area contributed by atoms with Gasteiger partial charge < -0.3 is 20.3 Å². The zero-order valence-electron chi connectivity index (χ0n) is 18.7. The van der Waals surface area contributed by atoms with Gasteiger partial charge in [0.2, 0.25) is 11.9 Å². The summed E-state index contributed by atoms with van der Waals surface area (Å²) in [5.74, 6) is 1.20. The topological polar surface area (TPSA) is 95.5 Å². The molecule has 34 heavy (non-hydrogen) atoms. The number of fused-ring (bicyclic) bond motifs is 1. The van der Waals surface area contributed by atoms with Crippen molar-refractivity contribution in [1.82, 2.24) is 24.8 Å². The highest BCUT2D eigenvalue weighted by atomic mass is 79.9. The predicted molar refractivity (Wildman–Crippen MR) is 138 cm³/mol. The van der Waals surface area contributed by atoms with Crippen LogP contribution in [0.25, 0.3) is 10.2 Å². The van der Waals surface area contributed by atoms with Crippen molar-refractivity contribution in [3.8, 4) is 0 Å². The largest absolute Gasteiger partial charge is 0.379 e. The van der Waals surface area contributed by atoms with Gasteiger partial charge in [-0.3, -0.25) is 9.69 Å². The summed E-state index contributed by atoms with van der Waals surface area (Å²) in [6, 6.07) is 8.11. The Labute approximate surface area is 210 Å². The monoisotopic (exact) mass is 543 g/mol. The lowest BCUT2D eigenvalue weighted by molar-refractivity contribution is -0.125. The normalized spacial score (nSPS) is 18.9. The summed E-state index contributed by atoms with van der Waals surface area (Å²) >= 11 is 5.10. The highest BCUT2D eigenvalue weighted by molar-refractivity contribution is 9.10. The number of rotatable bonds is 7. The van der Waals surface area contributed by atoms with E-state index in [1.54, 1.807) is 16.2 Å². The van der Waals surface area contributed by atoms with Gasteiger partial charge in [0.15, 0.2) is 5.13 Å². The fraction of sp³-hybridized carbons (Fsp3) is 0.391. The van der Waals surface area contributed by atoms with E-state index < -0.39 is 0 Å². The van der Waals surface area contributed by atoms with E-state index in [1.807, 2.05) is 18.2 Å². The zero-order chi connectivity index (χ0) is 23.5. The maximum atomic E-state index is 12.0. The third-order valence-electron chi connectivity index (χ3n) is 5.86. The number of benzene rings is 1. The van der Waals surface area contributed by atoms with E-state index >= 15 is 0 Å². The van der Waals surface area contributed by atoms with Gasteiger partial charge in [0, 0.05) is 49.3 Å². The molecular weight excluding hydrogens is 518 g/mol. The molecule has 1 amide bonds. The van der Waals surface area contributed by atoms with Gasteiger partial charge in [-0.05, 0) is 30.7 Å². The number of hydrogen-bond acceptors (Lipinski definition) is 9. The summed E-state index contributed by atoms with van der Waals surface area (Å²) in [4.78, 5) is 30.3. The molecule has 2 saturated heterocycles. The minimum absolute atomic E-state index is 0.0453. The van der Waals surface area contributed by atoms with Crippen molar-refractivity contribution in [2.24, 2.45) is 0 Å². The molecule has 178 valence electrons. The Bertz CT molecular complexity index is 1200. The second-order valence-corrected chi connectivity index (χ2v) is 10.3. The van der Waals surface area contributed by atoms with Gasteiger partial charge in [-0.15, -0.1) is 0 Å². The summed E-state index contributed by atoms with van der Waals surface area (Å²) in [6.07, 6.45) is 2.20. The number of halogens is 1. The number of aromatic nitrogens is 3. The number of nitrogens with one attached hydrogen (secondary N) is 2. The van der Waals surface area contributed by atoms with Crippen LogP contribution in [-0.2, 0) is 16.1 Å². The summed E-state index contributed by atoms with van der Waals surface area (Å²) in [5.41, 5.74) is 1.86. The molecule has 0 aliphatic carbocycles. The molecule has 3 aromatic rings.